The van der Waals surface area contributed by atoms with Crippen LogP contribution in [0.25, 0.3) is 10.9 Å². The van der Waals surface area contributed by atoms with Crippen LogP contribution in [0.3, 0.4) is 0 Å². The number of hydrogen-bond donors (Lipinski definition) is 1. The monoisotopic (exact) mass is 279 g/mol. The third-order valence-corrected chi connectivity index (χ3v) is 4.02. The van der Waals surface area contributed by atoms with Crippen molar-refractivity contribution in [2.24, 2.45) is 0 Å². The fourth-order valence-corrected chi connectivity index (χ4v) is 3.19. The maximum absolute atomic E-state index is 6.03. The number of halogens is 1. The Hall–Kier alpha value is -1.10. The number of nitrogens with one attached hydrogen (secondary N) is 1. The lowest BCUT2D eigenvalue weighted by Crippen LogP contribution is -2.35. The van der Waals surface area contributed by atoms with Crippen LogP contribution in [0.5, 0.6) is 0 Å². The third-order valence-electron chi connectivity index (χ3n) is 4.02. The van der Waals surface area contributed by atoms with Crippen LogP contribution >= 0.6 is 12.4 Å². The van der Waals surface area contributed by atoms with E-state index in [0.717, 1.165) is 25.2 Å². The molecule has 0 aliphatic carbocycles. The molecule has 19 heavy (non-hydrogen) atoms. The molecule has 0 bridgehead atoms. The zero-order valence-electron chi connectivity index (χ0n) is 10.7. The fourth-order valence-electron chi connectivity index (χ4n) is 3.19. The second-order valence-corrected chi connectivity index (χ2v) is 5.12. The summed E-state index contributed by atoms with van der Waals surface area (Å²) in [5.41, 5.74) is 2.34. The van der Waals surface area contributed by atoms with Gasteiger partial charge in [0.2, 0.25) is 0 Å². The Balaban J connectivity index is 0.00000110. The molecule has 1 aromatic carbocycles. The molecule has 4 nitrogen and oxygen atoms in total. The lowest BCUT2D eigenvalue weighted by atomic mass is 10.0. The van der Waals surface area contributed by atoms with Crippen LogP contribution in [0.2, 0.25) is 0 Å². The predicted molar refractivity (Wildman–Crippen MR) is 76.7 cm³/mol. The van der Waals surface area contributed by atoms with Crippen molar-refractivity contribution in [3.05, 3.63) is 30.0 Å². The normalized spacial score (nSPS) is 26.1. The predicted octanol–water partition coefficient (Wildman–Crippen LogP) is 2.28. The minimum atomic E-state index is 0. The molecule has 2 aliphatic rings. The van der Waals surface area contributed by atoms with Crippen LogP contribution in [0, 0.1) is 0 Å². The first-order valence-corrected chi connectivity index (χ1v) is 6.74. The minimum absolute atomic E-state index is 0. The lowest BCUT2D eigenvalue weighted by Gasteiger charge is -2.29. The second kappa shape index (κ2) is 5.12. The first kappa shape index (κ1) is 12.9. The van der Waals surface area contributed by atoms with E-state index in [2.05, 4.69) is 33.3 Å². The highest BCUT2D eigenvalue weighted by molar-refractivity contribution is 5.85. The van der Waals surface area contributed by atoms with Gasteiger partial charge in [0, 0.05) is 11.4 Å². The Bertz CT molecular complexity index is 577. The Morgan fingerprint density at radius 3 is 3.05 bits per heavy atom. The molecule has 2 aliphatic heterocycles. The number of rotatable bonds is 1. The second-order valence-electron chi connectivity index (χ2n) is 5.12. The average molecular weight is 280 g/mol. The zero-order chi connectivity index (χ0) is 11.9. The van der Waals surface area contributed by atoms with Gasteiger partial charge in [0.15, 0.2) is 0 Å². The molecule has 0 spiro atoms. The third kappa shape index (κ3) is 2.04. The van der Waals surface area contributed by atoms with Gasteiger partial charge in [0.1, 0.15) is 6.10 Å². The quantitative estimate of drug-likeness (QED) is 0.870. The average Bonchev–Trinajstić information content (AvgIpc) is 3.05. The van der Waals surface area contributed by atoms with Crippen LogP contribution in [-0.2, 0) is 11.3 Å². The molecule has 0 amide bonds. The van der Waals surface area contributed by atoms with E-state index in [1.54, 1.807) is 0 Å². The lowest BCUT2D eigenvalue weighted by molar-refractivity contribution is -0.00225. The van der Waals surface area contributed by atoms with E-state index in [9.17, 15) is 0 Å². The maximum Gasteiger partial charge on any atom is 0.115 e. The van der Waals surface area contributed by atoms with E-state index in [-0.39, 0.29) is 18.5 Å². The molecule has 1 saturated heterocycles. The Morgan fingerprint density at radius 2 is 2.21 bits per heavy atom. The number of aromatic nitrogens is 2. The van der Waals surface area contributed by atoms with Crippen molar-refractivity contribution in [1.29, 1.82) is 0 Å². The van der Waals surface area contributed by atoms with Gasteiger partial charge in [-0.3, -0.25) is 4.68 Å². The smallest absolute Gasteiger partial charge is 0.115 e. The van der Waals surface area contributed by atoms with Crippen molar-refractivity contribution >= 4 is 23.3 Å². The number of hydrogen-bond acceptors (Lipinski definition) is 3. The minimum Gasteiger partial charge on any atom is -0.368 e. The van der Waals surface area contributed by atoms with E-state index in [1.807, 2.05) is 6.07 Å². The Labute approximate surface area is 118 Å². The molecule has 2 unspecified atom stereocenters. The first-order valence-electron chi connectivity index (χ1n) is 6.74. The van der Waals surface area contributed by atoms with Gasteiger partial charge < -0.3 is 10.1 Å². The molecule has 2 aromatic rings. The van der Waals surface area contributed by atoms with Crippen molar-refractivity contribution in [3.63, 3.8) is 0 Å². The summed E-state index contributed by atoms with van der Waals surface area (Å²) in [4.78, 5) is 0. The molecular formula is C14H18ClN3O. The van der Waals surface area contributed by atoms with E-state index in [1.165, 1.54) is 23.9 Å². The van der Waals surface area contributed by atoms with Crippen LogP contribution < -0.4 is 5.32 Å². The molecule has 5 heteroatoms. The summed E-state index contributed by atoms with van der Waals surface area (Å²) in [6.45, 7) is 2.74. The molecule has 3 heterocycles. The summed E-state index contributed by atoms with van der Waals surface area (Å²) < 4.78 is 8.17. The Kier molecular flexibility index (Phi) is 3.48. The highest BCUT2D eigenvalue weighted by Gasteiger charge is 2.33. The number of fused-ring (bicyclic) bond motifs is 3. The summed E-state index contributed by atoms with van der Waals surface area (Å²) in [7, 11) is 0. The van der Waals surface area contributed by atoms with Crippen LogP contribution in [0.1, 0.15) is 24.6 Å². The molecule has 2 atom stereocenters. The van der Waals surface area contributed by atoms with Gasteiger partial charge in [-0.15, -0.1) is 12.4 Å². The van der Waals surface area contributed by atoms with Crippen LogP contribution in [0.4, 0.5) is 0 Å². The molecule has 1 aromatic heterocycles. The van der Waals surface area contributed by atoms with E-state index in [0.29, 0.717) is 6.04 Å². The number of nitrogens with zero attached hydrogens (tertiary/aromatic N) is 2. The summed E-state index contributed by atoms with van der Waals surface area (Å²) in [6.07, 6.45) is 2.61. The van der Waals surface area contributed by atoms with E-state index < -0.39 is 0 Å². The highest BCUT2D eigenvalue weighted by atomic mass is 35.5. The van der Waals surface area contributed by atoms with Crippen molar-refractivity contribution in [1.82, 2.24) is 15.1 Å². The zero-order valence-corrected chi connectivity index (χ0v) is 11.5. The molecular weight excluding hydrogens is 262 g/mol. The van der Waals surface area contributed by atoms with Gasteiger partial charge in [-0.25, -0.2) is 0 Å². The van der Waals surface area contributed by atoms with Crippen LogP contribution in [0.15, 0.2) is 24.3 Å². The summed E-state index contributed by atoms with van der Waals surface area (Å²) >= 11 is 0. The van der Waals surface area contributed by atoms with E-state index in [4.69, 9.17) is 4.74 Å². The fraction of sp³-hybridized carbons (Fsp3) is 0.500. The van der Waals surface area contributed by atoms with Gasteiger partial charge in [-0.1, -0.05) is 18.2 Å². The summed E-state index contributed by atoms with van der Waals surface area (Å²) in [5, 5.41) is 9.49. The first-order chi connectivity index (χ1) is 8.93. The van der Waals surface area contributed by atoms with Crippen molar-refractivity contribution in [2.75, 3.05) is 13.2 Å². The summed E-state index contributed by atoms with van der Waals surface area (Å²) in [5.74, 6) is 0. The van der Waals surface area contributed by atoms with Gasteiger partial charge in [0.05, 0.1) is 24.4 Å². The molecule has 1 N–H and O–H groups in total. The maximum atomic E-state index is 6.03. The molecule has 102 valence electrons. The van der Waals surface area contributed by atoms with Gasteiger partial charge in [-0.05, 0) is 25.5 Å². The number of ether oxygens (including phenoxy) is 1. The highest BCUT2D eigenvalue weighted by Crippen LogP contribution is 2.34. The van der Waals surface area contributed by atoms with Crippen molar-refractivity contribution in [2.45, 2.75) is 31.5 Å². The van der Waals surface area contributed by atoms with Gasteiger partial charge in [0.25, 0.3) is 0 Å². The van der Waals surface area contributed by atoms with Crippen molar-refractivity contribution < 1.29 is 4.74 Å². The Morgan fingerprint density at radius 1 is 1.32 bits per heavy atom. The molecule has 1 fully saturated rings. The molecule has 0 radical (unpaired) electrons. The molecule has 4 rings (SSSR count). The largest absolute Gasteiger partial charge is 0.368 e. The van der Waals surface area contributed by atoms with Crippen molar-refractivity contribution in [3.8, 4) is 0 Å². The SMILES string of the molecule is Cl.c1ccc2c3n(nc2c1)CCOC3C1CCCN1. The van der Waals surface area contributed by atoms with E-state index >= 15 is 0 Å². The summed E-state index contributed by atoms with van der Waals surface area (Å²) in [6, 6.07) is 8.82. The van der Waals surface area contributed by atoms with Gasteiger partial charge >= 0.3 is 0 Å². The number of benzene rings is 1. The van der Waals surface area contributed by atoms with Gasteiger partial charge in [-0.2, -0.15) is 5.10 Å². The van der Waals surface area contributed by atoms with Crippen LogP contribution in [-0.4, -0.2) is 29.0 Å². The topological polar surface area (TPSA) is 39.1 Å². The molecule has 0 saturated carbocycles. The standard InChI is InChI=1S/C14H17N3O.ClH/c1-2-5-11-10(4-1)13-14(12-6-3-7-15-12)18-9-8-17(13)16-11;/h1-2,4-5,12,14-15H,3,6-9H2;1H.